The van der Waals surface area contributed by atoms with Gasteiger partial charge in [-0.2, -0.15) is 0 Å². The molecular formula is C13H21N3O. The minimum atomic E-state index is 0.0745. The number of anilines is 1. The number of nitrogens with one attached hydrogen (secondary N) is 1. The summed E-state index contributed by atoms with van der Waals surface area (Å²) in [5.74, 6) is 5.36. The number of hydrogen-bond acceptors (Lipinski definition) is 3. The number of nitrogens with zero attached hydrogens (tertiary/aromatic N) is 1. The van der Waals surface area contributed by atoms with Gasteiger partial charge in [0.25, 0.3) is 5.91 Å². The highest BCUT2D eigenvalue weighted by Gasteiger charge is 2.17. The number of rotatable bonds is 5. The first-order valence-electron chi connectivity index (χ1n) is 5.97. The Kier molecular flexibility index (Phi) is 4.97. The lowest BCUT2D eigenvalue weighted by atomic mass is 10.1. The number of nitrogen functional groups attached to an aromatic ring is 1. The fraction of sp³-hybridized carbons (Fsp3) is 0.462. The van der Waals surface area contributed by atoms with Crippen LogP contribution in [0.5, 0.6) is 0 Å². The Bertz CT molecular complexity index is 359. The van der Waals surface area contributed by atoms with Crippen LogP contribution in [0.4, 0.5) is 5.69 Å². The summed E-state index contributed by atoms with van der Waals surface area (Å²) in [7, 11) is 0. The van der Waals surface area contributed by atoms with E-state index in [-0.39, 0.29) is 11.9 Å². The molecule has 0 radical (unpaired) electrons. The summed E-state index contributed by atoms with van der Waals surface area (Å²) in [4.78, 5) is 14.1. The first-order chi connectivity index (χ1) is 8.10. The highest BCUT2D eigenvalue weighted by Crippen LogP contribution is 2.12. The van der Waals surface area contributed by atoms with Crippen molar-refractivity contribution >= 4 is 11.6 Å². The fourth-order valence-corrected chi connectivity index (χ4v) is 1.71. The van der Waals surface area contributed by atoms with Gasteiger partial charge in [0.05, 0.1) is 0 Å². The second kappa shape index (κ2) is 6.25. The van der Waals surface area contributed by atoms with Crippen molar-refractivity contribution in [3.05, 3.63) is 29.8 Å². The van der Waals surface area contributed by atoms with E-state index < -0.39 is 0 Å². The van der Waals surface area contributed by atoms with Crippen molar-refractivity contribution in [1.82, 2.24) is 4.90 Å². The molecule has 0 unspecified atom stereocenters. The molecule has 4 nitrogen and oxygen atoms in total. The van der Waals surface area contributed by atoms with Crippen LogP contribution in [-0.4, -0.2) is 23.4 Å². The van der Waals surface area contributed by atoms with Crippen LogP contribution >= 0.6 is 0 Å². The number of carbonyl (C=O) groups is 1. The summed E-state index contributed by atoms with van der Waals surface area (Å²) in [5, 5.41) is 0. The summed E-state index contributed by atoms with van der Waals surface area (Å²) in [5.41, 5.74) is 4.04. The van der Waals surface area contributed by atoms with Gasteiger partial charge in [0, 0.05) is 23.8 Å². The zero-order valence-corrected chi connectivity index (χ0v) is 10.7. The number of carbonyl (C=O) groups excluding carboxylic acids is 1. The van der Waals surface area contributed by atoms with Crippen molar-refractivity contribution in [1.29, 1.82) is 0 Å². The molecule has 94 valence electrons. The number of hydrogen-bond donors (Lipinski definition) is 2. The molecule has 0 fully saturated rings. The maximum absolute atomic E-state index is 12.3. The largest absolute Gasteiger partial charge is 0.336 e. The van der Waals surface area contributed by atoms with Crippen molar-refractivity contribution in [3.63, 3.8) is 0 Å². The molecule has 0 aliphatic carbocycles. The predicted molar refractivity (Wildman–Crippen MR) is 70.7 cm³/mol. The summed E-state index contributed by atoms with van der Waals surface area (Å²) >= 11 is 0. The zero-order chi connectivity index (χ0) is 12.8. The molecule has 0 aliphatic heterocycles. The molecule has 1 amide bonds. The predicted octanol–water partition coefficient (Wildman–Crippen LogP) is 2.23. The maximum atomic E-state index is 12.3. The zero-order valence-electron chi connectivity index (χ0n) is 10.7. The number of nitrogens with two attached hydrogens (primary N) is 1. The van der Waals surface area contributed by atoms with Gasteiger partial charge in [-0.15, -0.1) is 0 Å². The van der Waals surface area contributed by atoms with Crippen LogP contribution in [0.15, 0.2) is 24.3 Å². The molecule has 0 bridgehead atoms. The lowest BCUT2D eigenvalue weighted by molar-refractivity contribution is 0.0706. The quantitative estimate of drug-likeness (QED) is 0.608. The van der Waals surface area contributed by atoms with Gasteiger partial charge in [0.15, 0.2) is 0 Å². The Morgan fingerprint density at radius 3 is 2.35 bits per heavy atom. The molecule has 0 atom stereocenters. The lowest BCUT2D eigenvalue weighted by Gasteiger charge is -2.26. The highest BCUT2D eigenvalue weighted by atomic mass is 16.2. The molecule has 0 saturated heterocycles. The Balaban J connectivity index is 2.85. The molecule has 0 heterocycles. The van der Waals surface area contributed by atoms with Crippen LogP contribution in [0.25, 0.3) is 0 Å². The Morgan fingerprint density at radius 1 is 1.35 bits per heavy atom. The SMILES string of the molecule is CCCN(C(=O)c1ccc(NN)cc1)C(C)C. The Hall–Kier alpha value is -1.55. The van der Waals surface area contributed by atoms with E-state index in [1.165, 1.54) is 0 Å². The van der Waals surface area contributed by atoms with Gasteiger partial charge in [0.1, 0.15) is 0 Å². The molecule has 1 aromatic rings. The van der Waals surface area contributed by atoms with E-state index in [1.54, 1.807) is 24.3 Å². The molecule has 0 saturated carbocycles. The summed E-state index contributed by atoms with van der Waals surface area (Å²) in [6.07, 6.45) is 0.965. The van der Waals surface area contributed by atoms with Gasteiger partial charge in [-0.3, -0.25) is 10.6 Å². The van der Waals surface area contributed by atoms with E-state index in [1.807, 2.05) is 18.7 Å². The van der Waals surface area contributed by atoms with Crippen LogP contribution in [-0.2, 0) is 0 Å². The monoisotopic (exact) mass is 235 g/mol. The average molecular weight is 235 g/mol. The van der Waals surface area contributed by atoms with Gasteiger partial charge in [-0.05, 0) is 44.5 Å². The number of hydrazine groups is 1. The molecule has 0 aliphatic rings. The normalized spacial score (nSPS) is 10.4. The van der Waals surface area contributed by atoms with Crippen LogP contribution < -0.4 is 11.3 Å². The molecule has 1 rings (SSSR count). The standard InChI is InChI=1S/C13H21N3O/c1-4-9-16(10(2)3)13(17)11-5-7-12(15-14)8-6-11/h5-8,10,15H,4,9,14H2,1-3H3. The first kappa shape index (κ1) is 13.5. The van der Waals surface area contributed by atoms with Gasteiger partial charge in [-0.1, -0.05) is 6.92 Å². The third-order valence-corrected chi connectivity index (χ3v) is 2.65. The average Bonchev–Trinajstić information content (AvgIpc) is 2.35. The van der Waals surface area contributed by atoms with Gasteiger partial charge in [-0.25, -0.2) is 0 Å². The van der Waals surface area contributed by atoms with Gasteiger partial charge in [0.2, 0.25) is 0 Å². The second-order valence-electron chi connectivity index (χ2n) is 4.31. The summed E-state index contributed by atoms with van der Waals surface area (Å²) < 4.78 is 0. The maximum Gasteiger partial charge on any atom is 0.254 e. The lowest BCUT2D eigenvalue weighted by Crippen LogP contribution is -2.37. The van der Waals surface area contributed by atoms with Crippen molar-refractivity contribution in [2.45, 2.75) is 33.2 Å². The van der Waals surface area contributed by atoms with Crippen LogP contribution in [0.1, 0.15) is 37.6 Å². The molecular weight excluding hydrogens is 214 g/mol. The van der Waals surface area contributed by atoms with E-state index in [4.69, 9.17) is 5.84 Å². The van der Waals surface area contributed by atoms with Crippen LogP contribution in [0.2, 0.25) is 0 Å². The number of benzene rings is 1. The summed E-state index contributed by atoms with van der Waals surface area (Å²) in [6, 6.07) is 7.41. The van der Waals surface area contributed by atoms with Crippen molar-refractivity contribution < 1.29 is 4.79 Å². The smallest absolute Gasteiger partial charge is 0.254 e. The summed E-state index contributed by atoms with van der Waals surface area (Å²) in [6.45, 7) is 6.92. The minimum absolute atomic E-state index is 0.0745. The van der Waals surface area contributed by atoms with Crippen LogP contribution in [0, 0.1) is 0 Å². The van der Waals surface area contributed by atoms with E-state index in [0.29, 0.717) is 5.56 Å². The molecule has 4 heteroatoms. The molecule has 17 heavy (non-hydrogen) atoms. The third-order valence-electron chi connectivity index (χ3n) is 2.65. The molecule has 1 aromatic carbocycles. The van der Waals surface area contributed by atoms with E-state index in [2.05, 4.69) is 12.3 Å². The van der Waals surface area contributed by atoms with Crippen molar-refractivity contribution in [2.24, 2.45) is 5.84 Å². The minimum Gasteiger partial charge on any atom is -0.336 e. The molecule has 0 spiro atoms. The van der Waals surface area contributed by atoms with E-state index in [0.717, 1.165) is 18.7 Å². The third kappa shape index (κ3) is 3.46. The van der Waals surface area contributed by atoms with Crippen molar-refractivity contribution in [2.75, 3.05) is 12.0 Å². The van der Waals surface area contributed by atoms with Gasteiger partial charge < -0.3 is 10.3 Å². The first-order valence-corrected chi connectivity index (χ1v) is 5.97. The molecule has 0 aromatic heterocycles. The number of amides is 1. The van der Waals surface area contributed by atoms with Gasteiger partial charge >= 0.3 is 0 Å². The highest BCUT2D eigenvalue weighted by molar-refractivity contribution is 5.94. The second-order valence-corrected chi connectivity index (χ2v) is 4.31. The topological polar surface area (TPSA) is 58.4 Å². The van der Waals surface area contributed by atoms with Crippen molar-refractivity contribution in [3.8, 4) is 0 Å². The van der Waals surface area contributed by atoms with Crippen LogP contribution in [0.3, 0.4) is 0 Å². The fourth-order valence-electron chi connectivity index (χ4n) is 1.71. The Morgan fingerprint density at radius 2 is 1.94 bits per heavy atom. The Labute approximate surface area is 103 Å². The molecule has 3 N–H and O–H groups in total. The van der Waals surface area contributed by atoms with E-state index >= 15 is 0 Å². The van der Waals surface area contributed by atoms with E-state index in [9.17, 15) is 4.79 Å².